The maximum Gasteiger partial charge on any atom is 0.245 e. The fraction of sp³-hybridized carbons (Fsp3) is 0.615. The average Bonchev–Trinajstić information content (AvgIpc) is 2.93. The third-order valence-electron chi connectivity index (χ3n) is 3.19. The highest BCUT2D eigenvalue weighted by molar-refractivity contribution is 5.87. The van der Waals surface area contributed by atoms with Crippen LogP contribution in [0.15, 0.2) is 17.2 Å². The van der Waals surface area contributed by atoms with Gasteiger partial charge < -0.3 is 14.2 Å². The highest BCUT2D eigenvalue weighted by Crippen LogP contribution is 2.15. The standard InChI is InChI=1S/C13H19N3O3/c1-3-12-14-11(15-19-12)9-18-10-5-7-16(8-6-10)13(17)4-2/h4,10H,2-3,5-9H2,1H3. The summed E-state index contributed by atoms with van der Waals surface area (Å²) < 4.78 is 10.8. The zero-order chi connectivity index (χ0) is 13.7. The minimum Gasteiger partial charge on any atom is -0.370 e. The van der Waals surface area contributed by atoms with Crippen molar-refractivity contribution in [1.29, 1.82) is 0 Å². The van der Waals surface area contributed by atoms with Crippen molar-refractivity contribution in [3.63, 3.8) is 0 Å². The molecule has 104 valence electrons. The van der Waals surface area contributed by atoms with Gasteiger partial charge in [-0.15, -0.1) is 0 Å². The topological polar surface area (TPSA) is 68.5 Å². The first kappa shape index (κ1) is 13.7. The maximum atomic E-state index is 11.4. The molecule has 6 nitrogen and oxygen atoms in total. The predicted octanol–water partition coefficient (Wildman–Crippen LogP) is 1.33. The highest BCUT2D eigenvalue weighted by atomic mass is 16.5. The summed E-state index contributed by atoms with van der Waals surface area (Å²) in [6.45, 7) is 7.24. The summed E-state index contributed by atoms with van der Waals surface area (Å²) >= 11 is 0. The predicted molar refractivity (Wildman–Crippen MR) is 68.3 cm³/mol. The second kappa shape index (κ2) is 6.47. The van der Waals surface area contributed by atoms with Gasteiger partial charge in [-0.25, -0.2) is 0 Å². The van der Waals surface area contributed by atoms with E-state index in [1.54, 1.807) is 4.90 Å². The van der Waals surface area contributed by atoms with Crippen LogP contribution in [0.25, 0.3) is 0 Å². The fourth-order valence-electron chi connectivity index (χ4n) is 2.06. The van der Waals surface area contributed by atoms with E-state index in [2.05, 4.69) is 16.7 Å². The Morgan fingerprint density at radius 1 is 1.58 bits per heavy atom. The van der Waals surface area contributed by atoms with Crippen LogP contribution in [0, 0.1) is 0 Å². The first-order valence-electron chi connectivity index (χ1n) is 6.57. The van der Waals surface area contributed by atoms with Gasteiger partial charge in [0.25, 0.3) is 0 Å². The first-order valence-corrected chi connectivity index (χ1v) is 6.57. The van der Waals surface area contributed by atoms with Gasteiger partial charge in [-0.1, -0.05) is 18.7 Å². The zero-order valence-electron chi connectivity index (χ0n) is 11.2. The van der Waals surface area contributed by atoms with Gasteiger partial charge in [0.2, 0.25) is 11.8 Å². The Morgan fingerprint density at radius 2 is 2.32 bits per heavy atom. The Balaban J connectivity index is 1.73. The van der Waals surface area contributed by atoms with Gasteiger partial charge in [0.05, 0.1) is 6.10 Å². The molecule has 2 rings (SSSR count). The molecule has 0 unspecified atom stereocenters. The Morgan fingerprint density at radius 3 is 2.89 bits per heavy atom. The number of nitrogens with zero attached hydrogens (tertiary/aromatic N) is 3. The minimum atomic E-state index is -0.00999. The number of hydrogen-bond acceptors (Lipinski definition) is 5. The van der Waals surface area contributed by atoms with E-state index in [0.717, 1.165) is 19.3 Å². The van der Waals surface area contributed by atoms with Crippen molar-refractivity contribution in [2.75, 3.05) is 13.1 Å². The monoisotopic (exact) mass is 265 g/mol. The molecule has 0 aliphatic carbocycles. The molecule has 1 aromatic heterocycles. The molecule has 1 aliphatic rings. The normalized spacial score (nSPS) is 16.6. The van der Waals surface area contributed by atoms with E-state index in [9.17, 15) is 4.79 Å². The molecule has 19 heavy (non-hydrogen) atoms. The molecule has 0 saturated carbocycles. The van der Waals surface area contributed by atoms with Crippen LogP contribution >= 0.6 is 0 Å². The van der Waals surface area contributed by atoms with Crippen molar-refractivity contribution >= 4 is 5.91 Å². The first-order chi connectivity index (χ1) is 9.22. The number of rotatable bonds is 5. The lowest BCUT2D eigenvalue weighted by Gasteiger charge is -2.30. The number of amides is 1. The Hall–Kier alpha value is -1.69. The van der Waals surface area contributed by atoms with Crippen LogP contribution in [0.3, 0.4) is 0 Å². The summed E-state index contributed by atoms with van der Waals surface area (Å²) in [5.74, 6) is 1.20. The van der Waals surface area contributed by atoms with E-state index in [0.29, 0.717) is 31.4 Å². The molecule has 1 aromatic rings. The van der Waals surface area contributed by atoms with Crippen molar-refractivity contribution in [1.82, 2.24) is 15.0 Å². The van der Waals surface area contributed by atoms with Gasteiger partial charge in [0.15, 0.2) is 5.82 Å². The maximum absolute atomic E-state index is 11.4. The molecule has 0 atom stereocenters. The third-order valence-corrected chi connectivity index (χ3v) is 3.19. The number of carbonyl (C=O) groups is 1. The fourth-order valence-corrected chi connectivity index (χ4v) is 2.06. The number of aromatic nitrogens is 2. The Labute approximate surface area is 112 Å². The Kier molecular flexibility index (Phi) is 4.68. The quantitative estimate of drug-likeness (QED) is 0.751. The number of piperidine rings is 1. The van der Waals surface area contributed by atoms with E-state index in [1.165, 1.54) is 6.08 Å². The van der Waals surface area contributed by atoms with E-state index in [-0.39, 0.29) is 12.0 Å². The number of hydrogen-bond donors (Lipinski definition) is 0. The van der Waals surface area contributed by atoms with Gasteiger partial charge in [0.1, 0.15) is 6.61 Å². The van der Waals surface area contributed by atoms with E-state index < -0.39 is 0 Å². The van der Waals surface area contributed by atoms with Crippen LogP contribution in [-0.2, 0) is 22.6 Å². The molecule has 1 aliphatic heterocycles. The molecule has 2 heterocycles. The molecule has 1 saturated heterocycles. The summed E-state index contributed by atoms with van der Waals surface area (Å²) in [6, 6.07) is 0. The van der Waals surface area contributed by atoms with Crippen LogP contribution in [0.2, 0.25) is 0 Å². The van der Waals surface area contributed by atoms with Crippen molar-refractivity contribution < 1.29 is 14.1 Å². The second-order valence-electron chi connectivity index (χ2n) is 4.50. The van der Waals surface area contributed by atoms with Crippen molar-refractivity contribution in [2.45, 2.75) is 38.9 Å². The summed E-state index contributed by atoms with van der Waals surface area (Å²) in [5, 5.41) is 3.84. The lowest BCUT2D eigenvalue weighted by Crippen LogP contribution is -2.40. The smallest absolute Gasteiger partial charge is 0.245 e. The third kappa shape index (κ3) is 3.64. The van der Waals surface area contributed by atoms with Gasteiger partial charge in [-0.3, -0.25) is 4.79 Å². The van der Waals surface area contributed by atoms with Crippen molar-refractivity contribution in [3.05, 3.63) is 24.4 Å². The molecule has 1 amide bonds. The zero-order valence-corrected chi connectivity index (χ0v) is 11.2. The number of ether oxygens (including phenoxy) is 1. The van der Waals surface area contributed by atoms with Crippen LogP contribution in [0.4, 0.5) is 0 Å². The van der Waals surface area contributed by atoms with Gasteiger partial charge in [-0.05, 0) is 18.9 Å². The molecule has 1 fully saturated rings. The molecule has 6 heteroatoms. The summed E-state index contributed by atoms with van der Waals surface area (Å²) in [6.07, 6.45) is 3.90. The lowest BCUT2D eigenvalue weighted by molar-refractivity contribution is -0.128. The van der Waals surface area contributed by atoms with Gasteiger partial charge in [-0.2, -0.15) is 4.98 Å². The van der Waals surface area contributed by atoms with E-state index in [1.807, 2.05) is 6.92 Å². The molecule has 0 N–H and O–H groups in total. The molecular weight excluding hydrogens is 246 g/mol. The average molecular weight is 265 g/mol. The minimum absolute atomic E-state index is 0.00999. The SMILES string of the molecule is C=CC(=O)N1CCC(OCc2noc(CC)n2)CC1. The van der Waals surface area contributed by atoms with Gasteiger partial charge in [0, 0.05) is 19.5 Å². The van der Waals surface area contributed by atoms with Crippen molar-refractivity contribution in [2.24, 2.45) is 0 Å². The number of carbonyl (C=O) groups excluding carboxylic acids is 1. The second-order valence-corrected chi connectivity index (χ2v) is 4.50. The van der Waals surface area contributed by atoms with E-state index in [4.69, 9.17) is 9.26 Å². The van der Waals surface area contributed by atoms with Gasteiger partial charge >= 0.3 is 0 Å². The lowest BCUT2D eigenvalue weighted by atomic mass is 10.1. The van der Waals surface area contributed by atoms with E-state index >= 15 is 0 Å². The molecular formula is C13H19N3O3. The summed E-state index contributed by atoms with van der Waals surface area (Å²) in [5.41, 5.74) is 0. The largest absolute Gasteiger partial charge is 0.370 e. The summed E-state index contributed by atoms with van der Waals surface area (Å²) in [7, 11) is 0. The molecule has 0 radical (unpaired) electrons. The van der Waals surface area contributed by atoms with Crippen LogP contribution in [0.1, 0.15) is 31.5 Å². The van der Waals surface area contributed by atoms with Crippen molar-refractivity contribution in [3.8, 4) is 0 Å². The highest BCUT2D eigenvalue weighted by Gasteiger charge is 2.22. The number of likely N-dealkylation sites (tertiary alicyclic amines) is 1. The van der Waals surface area contributed by atoms with Crippen LogP contribution < -0.4 is 0 Å². The molecule has 0 spiro atoms. The molecule has 0 bridgehead atoms. The van der Waals surface area contributed by atoms with Crippen LogP contribution in [0.5, 0.6) is 0 Å². The van der Waals surface area contributed by atoms with Crippen LogP contribution in [-0.4, -0.2) is 40.1 Å². The number of aryl methyl sites for hydroxylation is 1. The Bertz CT molecular complexity index is 436. The summed E-state index contributed by atoms with van der Waals surface area (Å²) in [4.78, 5) is 17.4. The molecule has 0 aromatic carbocycles.